The summed E-state index contributed by atoms with van der Waals surface area (Å²) in [5.74, 6) is -0.644. The van der Waals surface area contributed by atoms with Crippen molar-refractivity contribution in [1.82, 2.24) is 10.6 Å². The summed E-state index contributed by atoms with van der Waals surface area (Å²) in [7, 11) is 0. The molecular weight excluding hydrogens is 398 g/mol. The minimum atomic E-state index is -0.957. The lowest BCUT2D eigenvalue weighted by atomic mass is 9.92. The van der Waals surface area contributed by atoms with E-state index in [4.69, 9.17) is 16.3 Å². The van der Waals surface area contributed by atoms with Crippen LogP contribution in [0.5, 0.6) is 0 Å². The molecule has 2 aromatic carbocycles. The van der Waals surface area contributed by atoms with Crippen molar-refractivity contribution < 1.29 is 19.2 Å². The first-order chi connectivity index (χ1) is 13.8. The Kier molecular flexibility index (Phi) is 5.84. The Morgan fingerprint density at radius 1 is 1.21 bits per heavy atom. The molecule has 2 aromatic rings. The number of esters is 1. The molecule has 9 heteroatoms. The van der Waals surface area contributed by atoms with Crippen molar-refractivity contribution in [2.75, 3.05) is 0 Å². The predicted molar refractivity (Wildman–Crippen MR) is 107 cm³/mol. The summed E-state index contributed by atoms with van der Waals surface area (Å²) in [4.78, 5) is 35.9. The lowest BCUT2D eigenvalue weighted by molar-refractivity contribution is -0.384. The number of halogens is 1. The molecular formula is C20H18ClN3O5. The molecule has 3 rings (SSSR count). The van der Waals surface area contributed by atoms with Crippen LogP contribution < -0.4 is 10.6 Å². The highest BCUT2D eigenvalue weighted by Gasteiger charge is 2.35. The van der Waals surface area contributed by atoms with Crippen LogP contribution >= 0.6 is 11.6 Å². The van der Waals surface area contributed by atoms with Crippen LogP contribution in [0, 0.1) is 10.1 Å². The van der Waals surface area contributed by atoms with Gasteiger partial charge in [-0.3, -0.25) is 10.1 Å². The molecule has 0 saturated carbocycles. The van der Waals surface area contributed by atoms with E-state index in [9.17, 15) is 19.7 Å². The van der Waals surface area contributed by atoms with Crippen molar-refractivity contribution in [1.29, 1.82) is 0 Å². The van der Waals surface area contributed by atoms with E-state index in [1.165, 1.54) is 18.2 Å². The fourth-order valence-corrected chi connectivity index (χ4v) is 3.18. The van der Waals surface area contributed by atoms with Gasteiger partial charge in [0, 0.05) is 6.07 Å². The van der Waals surface area contributed by atoms with Crippen molar-refractivity contribution >= 4 is 35.0 Å². The number of urea groups is 1. The molecule has 0 fully saturated rings. The molecule has 1 heterocycles. The Hall–Kier alpha value is -3.39. The number of ether oxygens (including phenoxy) is 1. The fraction of sp³-hybridized carbons (Fsp3) is 0.200. The highest BCUT2D eigenvalue weighted by Crippen LogP contribution is 2.35. The number of carbonyl (C=O) groups excluding carboxylic acids is 2. The van der Waals surface area contributed by atoms with E-state index >= 15 is 0 Å². The van der Waals surface area contributed by atoms with Crippen LogP contribution in [0.3, 0.4) is 0 Å². The number of benzene rings is 2. The summed E-state index contributed by atoms with van der Waals surface area (Å²) in [6.45, 7) is 3.41. The molecule has 2 amide bonds. The zero-order chi connectivity index (χ0) is 21.1. The van der Waals surface area contributed by atoms with Gasteiger partial charge in [-0.15, -0.1) is 0 Å². The molecule has 0 spiro atoms. The molecule has 150 valence electrons. The van der Waals surface area contributed by atoms with Gasteiger partial charge in [0.2, 0.25) is 0 Å². The molecule has 0 aromatic heterocycles. The summed E-state index contributed by atoms with van der Waals surface area (Å²) >= 11 is 5.91. The van der Waals surface area contributed by atoms with Crippen molar-refractivity contribution in [3.63, 3.8) is 0 Å². The Bertz CT molecular complexity index is 1000. The maximum atomic E-state index is 12.9. The number of amides is 2. The molecule has 1 unspecified atom stereocenters. The highest BCUT2D eigenvalue weighted by molar-refractivity contribution is 6.32. The van der Waals surface area contributed by atoms with Crippen LogP contribution in [-0.2, 0) is 9.53 Å². The fourth-order valence-electron chi connectivity index (χ4n) is 2.99. The first kappa shape index (κ1) is 20.3. The summed E-state index contributed by atoms with van der Waals surface area (Å²) in [5, 5.41) is 16.5. The van der Waals surface area contributed by atoms with E-state index in [-0.39, 0.29) is 22.0 Å². The molecule has 1 aliphatic heterocycles. The van der Waals surface area contributed by atoms with Crippen LogP contribution in [0.2, 0.25) is 5.02 Å². The number of rotatable bonds is 5. The number of hydrogen-bond acceptors (Lipinski definition) is 5. The zero-order valence-corrected chi connectivity index (χ0v) is 16.4. The monoisotopic (exact) mass is 415 g/mol. The third-order valence-corrected chi connectivity index (χ3v) is 4.52. The lowest BCUT2D eigenvalue weighted by Gasteiger charge is -2.30. The van der Waals surface area contributed by atoms with Gasteiger partial charge in [0.05, 0.1) is 28.3 Å². The second kappa shape index (κ2) is 8.32. The standard InChI is InChI=1S/C20H18ClN3O5/c1-11(2)29-19(25)16-17(12-6-4-3-5-7-12)22-20(26)23-18(16)13-8-9-14(21)15(10-13)24(27)28/h3-11,18H,1-2H3,(H2,22,23,26). The van der Waals surface area contributed by atoms with Crippen LogP contribution in [-0.4, -0.2) is 23.0 Å². The third-order valence-electron chi connectivity index (χ3n) is 4.20. The zero-order valence-electron chi connectivity index (χ0n) is 15.6. The molecule has 1 aliphatic rings. The van der Waals surface area contributed by atoms with Gasteiger partial charge < -0.3 is 15.4 Å². The van der Waals surface area contributed by atoms with Crippen molar-refractivity contribution in [3.05, 3.63) is 80.4 Å². The molecule has 1 atom stereocenters. The SMILES string of the molecule is CC(C)OC(=O)C1=C(c2ccccc2)NC(=O)NC1c1ccc(Cl)c([N+](=O)[O-])c1. The van der Waals surface area contributed by atoms with E-state index in [0.29, 0.717) is 11.1 Å². The number of hydrogen-bond donors (Lipinski definition) is 2. The van der Waals surface area contributed by atoms with E-state index < -0.39 is 29.1 Å². The molecule has 0 bridgehead atoms. The van der Waals surface area contributed by atoms with Gasteiger partial charge >= 0.3 is 12.0 Å². The largest absolute Gasteiger partial charge is 0.459 e. The van der Waals surface area contributed by atoms with Crippen molar-refractivity contribution in [2.24, 2.45) is 0 Å². The molecule has 2 N–H and O–H groups in total. The summed E-state index contributed by atoms with van der Waals surface area (Å²) in [6, 6.07) is 11.4. The summed E-state index contributed by atoms with van der Waals surface area (Å²) in [5.41, 5.74) is 1.03. The van der Waals surface area contributed by atoms with Crippen LogP contribution in [0.1, 0.15) is 31.0 Å². The third kappa shape index (κ3) is 4.38. The Balaban J connectivity index is 2.20. The first-order valence-electron chi connectivity index (χ1n) is 8.80. The Labute approximate surface area is 171 Å². The minimum Gasteiger partial charge on any atom is -0.459 e. The lowest BCUT2D eigenvalue weighted by Crippen LogP contribution is -2.45. The van der Waals surface area contributed by atoms with Crippen molar-refractivity contribution in [2.45, 2.75) is 26.0 Å². The van der Waals surface area contributed by atoms with Gasteiger partial charge in [-0.2, -0.15) is 0 Å². The summed E-state index contributed by atoms with van der Waals surface area (Å²) < 4.78 is 5.38. The number of nitro groups is 1. The Morgan fingerprint density at radius 3 is 2.52 bits per heavy atom. The number of nitro benzene ring substituents is 1. The topological polar surface area (TPSA) is 111 Å². The Morgan fingerprint density at radius 2 is 1.90 bits per heavy atom. The molecule has 29 heavy (non-hydrogen) atoms. The van der Waals surface area contributed by atoms with Crippen LogP contribution in [0.15, 0.2) is 54.1 Å². The average molecular weight is 416 g/mol. The highest BCUT2D eigenvalue weighted by atomic mass is 35.5. The maximum Gasteiger partial charge on any atom is 0.338 e. The molecule has 0 radical (unpaired) electrons. The van der Waals surface area contributed by atoms with Crippen LogP contribution in [0.4, 0.5) is 10.5 Å². The number of nitrogens with one attached hydrogen (secondary N) is 2. The van der Waals surface area contributed by atoms with E-state index in [1.54, 1.807) is 44.2 Å². The number of carbonyl (C=O) groups is 2. The molecule has 0 saturated heterocycles. The smallest absolute Gasteiger partial charge is 0.338 e. The molecule has 0 aliphatic carbocycles. The normalized spacial score (nSPS) is 16.3. The summed E-state index contributed by atoms with van der Waals surface area (Å²) in [6.07, 6.45) is -0.398. The predicted octanol–water partition coefficient (Wildman–Crippen LogP) is 3.97. The van der Waals surface area contributed by atoms with Gasteiger partial charge in [-0.25, -0.2) is 9.59 Å². The number of nitrogens with zero attached hydrogens (tertiary/aromatic N) is 1. The molecule has 8 nitrogen and oxygen atoms in total. The van der Waals surface area contributed by atoms with E-state index in [1.807, 2.05) is 0 Å². The van der Waals surface area contributed by atoms with Gasteiger partial charge in [-0.05, 0) is 31.0 Å². The van der Waals surface area contributed by atoms with Gasteiger partial charge in [0.1, 0.15) is 5.02 Å². The average Bonchev–Trinajstić information content (AvgIpc) is 2.67. The van der Waals surface area contributed by atoms with E-state index in [2.05, 4.69) is 10.6 Å². The van der Waals surface area contributed by atoms with Crippen molar-refractivity contribution in [3.8, 4) is 0 Å². The van der Waals surface area contributed by atoms with Gasteiger partial charge in [0.15, 0.2) is 0 Å². The second-order valence-corrected chi connectivity index (χ2v) is 7.02. The first-order valence-corrected chi connectivity index (χ1v) is 9.17. The minimum absolute atomic E-state index is 0.0439. The second-order valence-electron chi connectivity index (χ2n) is 6.61. The maximum absolute atomic E-state index is 12.9. The van der Waals surface area contributed by atoms with Gasteiger partial charge in [0.25, 0.3) is 5.69 Å². The van der Waals surface area contributed by atoms with Gasteiger partial charge in [-0.1, -0.05) is 48.0 Å². The van der Waals surface area contributed by atoms with E-state index in [0.717, 1.165) is 0 Å². The quantitative estimate of drug-likeness (QED) is 0.436. The van der Waals surface area contributed by atoms with Crippen LogP contribution in [0.25, 0.3) is 5.70 Å².